The van der Waals surface area contributed by atoms with Crippen molar-refractivity contribution in [2.45, 2.75) is 47.1 Å². The number of carbonyl (C=O) groups is 1. The summed E-state index contributed by atoms with van der Waals surface area (Å²) in [6, 6.07) is 13.8. The van der Waals surface area contributed by atoms with E-state index in [9.17, 15) is 9.59 Å². The first-order valence-corrected chi connectivity index (χ1v) is 9.40. The van der Waals surface area contributed by atoms with Crippen molar-refractivity contribution >= 4 is 22.5 Å². The predicted molar refractivity (Wildman–Crippen MR) is 111 cm³/mol. The molecule has 0 fully saturated rings. The fourth-order valence-electron chi connectivity index (χ4n) is 3.28. The molecular weight excluding hydrogens is 336 g/mol. The average molecular weight is 362 g/mol. The van der Waals surface area contributed by atoms with E-state index >= 15 is 0 Å². The van der Waals surface area contributed by atoms with E-state index < -0.39 is 0 Å². The van der Waals surface area contributed by atoms with Crippen molar-refractivity contribution in [2.75, 3.05) is 4.90 Å². The number of anilines is 1. The van der Waals surface area contributed by atoms with E-state index in [2.05, 4.69) is 4.98 Å². The van der Waals surface area contributed by atoms with Gasteiger partial charge in [0.25, 0.3) is 5.56 Å². The van der Waals surface area contributed by atoms with Gasteiger partial charge < -0.3 is 9.88 Å². The third-order valence-corrected chi connectivity index (χ3v) is 5.06. The number of nitrogens with one attached hydrogen (secondary N) is 1. The Balaban J connectivity index is 2.05. The predicted octanol–water partition coefficient (Wildman–Crippen LogP) is 4.79. The molecule has 0 radical (unpaired) electrons. The number of pyridine rings is 1. The van der Waals surface area contributed by atoms with Gasteiger partial charge in [0, 0.05) is 17.7 Å². The van der Waals surface area contributed by atoms with Crippen LogP contribution in [0.4, 0.5) is 5.69 Å². The van der Waals surface area contributed by atoms with Gasteiger partial charge in [0.1, 0.15) is 0 Å². The molecule has 1 aromatic heterocycles. The number of benzene rings is 2. The Labute approximate surface area is 159 Å². The number of nitrogens with zero attached hydrogens (tertiary/aromatic N) is 1. The number of aromatic nitrogens is 1. The molecule has 1 heterocycles. The van der Waals surface area contributed by atoms with E-state index in [1.165, 1.54) is 5.56 Å². The molecule has 1 N–H and O–H groups in total. The number of hydrogen-bond donors (Lipinski definition) is 1. The largest absolute Gasteiger partial charge is 0.321 e. The molecule has 0 aliphatic heterocycles. The molecule has 0 saturated heterocycles. The van der Waals surface area contributed by atoms with Gasteiger partial charge in [0.15, 0.2) is 0 Å². The highest BCUT2D eigenvalue weighted by molar-refractivity contribution is 5.93. The zero-order valence-electron chi connectivity index (χ0n) is 16.4. The lowest BCUT2D eigenvalue weighted by Crippen LogP contribution is -2.32. The lowest BCUT2D eigenvalue weighted by Gasteiger charge is -2.23. The van der Waals surface area contributed by atoms with Gasteiger partial charge in [-0.15, -0.1) is 0 Å². The maximum atomic E-state index is 12.8. The zero-order valence-corrected chi connectivity index (χ0v) is 16.4. The highest BCUT2D eigenvalue weighted by Crippen LogP contribution is 2.23. The second kappa shape index (κ2) is 7.78. The quantitative estimate of drug-likeness (QED) is 0.710. The molecule has 3 rings (SSSR count). The van der Waals surface area contributed by atoms with Gasteiger partial charge in [-0.3, -0.25) is 9.59 Å². The summed E-state index contributed by atoms with van der Waals surface area (Å²) in [5.41, 5.74) is 5.48. The van der Waals surface area contributed by atoms with Crippen LogP contribution in [0.3, 0.4) is 0 Å². The van der Waals surface area contributed by atoms with Crippen molar-refractivity contribution in [1.29, 1.82) is 0 Å². The SMILES string of the molecule is CCCC(=O)N(Cc1cc2cccc(C)c2[nH]c1=O)c1ccc(C)c(C)c1. The number of aromatic amines is 1. The summed E-state index contributed by atoms with van der Waals surface area (Å²) in [7, 11) is 0. The van der Waals surface area contributed by atoms with Crippen molar-refractivity contribution in [3.8, 4) is 0 Å². The Morgan fingerprint density at radius 2 is 1.78 bits per heavy atom. The minimum Gasteiger partial charge on any atom is -0.321 e. The lowest BCUT2D eigenvalue weighted by atomic mass is 10.1. The van der Waals surface area contributed by atoms with Crippen LogP contribution in [0, 0.1) is 20.8 Å². The van der Waals surface area contributed by atoms with Crippen molar-refractivity contribution < 1.29 is 4.79 Å². The molecule has 0 aliphatic carbocycles. The maximum Gasteiger partial charge on any atom is 0.253 e. The van der Waals surface area contributed by atoms with E-state index in [0.717, 1.165) is 34.1 Å². The molecule has 0 bridgehead atoms. The minimum atomic E-state index is -0.144. The summed E-state index contributed by atoms with van der Waals surface area (Å²) in [5, 5.41) is 0.979. The van der Waals surface area contributed by atoms with Gasteiger partial charge in [-0.05, 0) is 67.5 Å². The Kier molecular flexibility index (Phi) is 5.45. The Morgan fingerprint density at radius 1 is 1.00 bits per heavy atom. The van der Waals surface area contributed by atoms with Gasteiger partial charge in [-0.25, -0.2) is 0 Å². The molecule has 140 valence electrons. The molecule has 0 aliphatic rings. The van der Waals surface area contributed by atoms with Crippen LogP contribution >= 0.6 is 0 Å². The molecule has 4 heteroatoms. The van der Waals surface area contributed by atoms with Crippen molar-refractivity contribution in [3.05, 3.63) is 75.1 Å². The second-order valence-electron chi connectivity index (χ2n) is 7.16. The van der Waals surface area contributed by atoms with Crippen molar-refractivity contribution in [2.24, 2.45) is 0 Å². The van der Waals surface area contributed by atoms with Crippen LogP contribution in [0.1, 0.15) is 42.0 Å². The minimum absolute atomic E-state index is 0.0319. The number of H-pyrrole nitrogens is 1. The molecular formula is C23H26N2O2. The van der Waals surface area contributed by atoms with Crippen LogP contribution in [-0.4, -0.2) is 10.9 Å². The smallest absolute Gasteiger partial charge is 0.253 e. The molecule has 0 unspecified atom stereocenters. The van der Waals surface area contributed by atoms with E-state index in [4.69, 9.17) is 0 Å². The first kappa shape index (κ1) is 18.9. The van der Waals surface area contributed by atoms with Crippen molar-refractivity contribution in [1.82, 2.24) is 4.98 Å². The fourth-order valence-corrected chi connectivity index (χ4v) is 3.28. The highest BCUT2D eigenvalue weighted by atomic mass is 16.2. The highest BCUT2D eigenvalue weighted by Gasteiger charge is 2.18. The van der Waals surface area contributed by atoms with Crippen molar-refractivity contribution in [3.63, 3.8) is 0 Å². The summed E-state index contributed by atoms with van der Waals surface area (Å²) < 4.78 is 0. The molecule has 0 atom stereocenters. The summed E-state index contributed by atoms with van der Waals surface area (Å²) in [6.07, 6.45) is 1.23. The summed E-state index contributed by atoms with van der Waals surface area (Å²) in [5.74, 6) is 0.0319. The van der Waals surface area contributed by atoms with Gasteiger partial charge in [-0.1, -0.05) is 31.2 Å². The molecule has 0 spiro atoms. The molecule has 4 nitrogen and oxygen atoms in total. The van der Waals surface area contributed by atoms with Gasteiger partial charge in [0.2, 0.25) is 5.91 Å². The second-order valence-corrected chi connectivity index (χ2v) is 7.16. The first-order chi connectivity index (χ1) is 12.9. The number of rotatable bonds is 5. The standard InChI is InChI=1S/C23H26N2O2/c1-5-7-21(26)25(20-11-10-15(2)17(4)12-20)14-19-13-18-9-6-8-16(3)22(18)24-23(19)27/h6,8-13H,5,7,14H2,1-4H3,(H,24,27). The van der Waals surface area contributed by atoms with E-state index in [0.29, 0.717) is 12.0 Å². The van der Waals surface area contributed by atoms with Crippen LogP contribution in [0.15, 0.2) is 47.3 Å². The number of hydrogen-bond acceptors (Lipinski definition) is 2. The summed E-state index contributed by atoms with van der Waals surface area (Å²) in [4.78, 5) is 30.2. The first-order valence-electron chi connectivity index (χ1n) is 9.40. The van der Waals surface area contributed by atoms with Gasteiger partial charge >= 0.3 is 0 Å². The molecule has 3 aromatic rings. The normalized spacial score (nSPS) is 11.0. The molecule has 27 heavy (non-hydrogen) atoms. The molecule has 2 aromatic carbocycles. The molecule has 0 saturated carbocycles. The van der Waals surface area contributed by atoms with E-state index in [1.807, 2.05) is 70.2 Å². The number of fused-ring (bicyclic) bond motifs is 1. The number of carbonyl (C=O) groups excluding carboxylic acids is 1. The Bertz CT molecular complexity index is 1050. The number of aryl methyl sites for hydroxylation is 3. The lowest BCUT2D eigenvalue weighted by molar-refractivity contribution is -0.118. The van der Waals surface area contributed by atoms with Gasteiger partial charge in [-0.2, -0.15) is 0 Å². The van der Waals surface area contributed by atoms with Gasteiger partial charge in [0.05, 0.1) is 12.1 Å². The third kappa shape index (κ3) is 3.95. The summed E-state index contributed by atoms with van der Waals surface area (Å²) in [6.45, 7) is 8.31. The zero-order chi connectivity index (χ0) is 19.6. The van der Waals surface area contributed by atoms with Crippen LogP contribution in [0.5, 0.6) is 0 Å². The average Bonchev–Trinajstić information content (AvgIpc) is 2.63. The molecule has 1 amide bonds. The number of amides is 1. The van der Waals surface area contributed by atoms with Crippen LogP contribution < -0.4 is 10.5 Å². The Hall–Kier alpha value is -2.88. The maximum absolute atomic E-state index is 12.8. The third-order valence-electron chi connectivity index (χ3n) is 5.06. The monoisotopic (exact) mass is 362 g/mol. The number of para-hydroxylation sites is 1. The fraction of sp³-hybridized carbons (Fsp3) is 0.304. The van der Waals surface area contributed by atoms with E-state index in [-0.39, 0.29) is 18.0 Å². The van der Waals surface area contributed by atoms with Crippen LogP contribution in [-0.2, 0) is 11.3 Å². The Morgan fingerprint density at radius 3 is 2.48 bits per heavy atom. The van der Waals surface area contributed by atoms with Crippen LogP contribution in [0.2, 0.25) is 0 Å². The van der Waals surface area contributed by atoms with Crippen LogP contribution in [0.25, 0.3) is 10.9 Å². The summed E-state index contributed by atoms with van der Waals surface area (Å²) >= 11 is 0. The topological polar surface area (TPSA) is 53.2 Å². The van der Waals surface area contributed by atoms with E-state index in [1.54, 1.807) is 4.90 Å².